The zero-order chi connectivity index (χ0) is 34.1. The fourth-order valence-corrected chi connectivity index (χ4v) is 12.7. The molecule has 4 fully saturated rings. The Morgan fingerprint density at radius 1 is 0.729 bits per heavy atom. The van der Waals surface area contributed by atoms with Crippen LogP contribution in [0.2, 0.25) is 0 Å². The third kappa shape index (κ3) is 4.97. The molecule has 5 aliphatic carbocycles. The van der Waals surface area contributed by atoms with Gasteiger partial charge in [0.2, 0.25) is 0 Å². The lowest BCUT2D eigenvalue weighted by Crippen LogP contribution is -2.65. The van der Waals surface area contributed by atoms with Gasteiger partial charge in [0.15, 0.2) is 0 Å². The molecule has 0 heterocycles. The molecule has 0 unspecified atom stereocenters. The molecule has 0 N–H and O–H groups in total. The highest BCUT2D eigenvalue weighted by Gasteiger charge is 2.69. The van der Waals surface area contributed by atoms with Crippen molar-refractivity contribution in [1.82, 2.24) is 0 Å². The molecule has 4 saturated carbocycles. The maximum absolute atomic E-state index is 13.2. The maximum atomic E-state index is 13.2. The summed E-state index contributed by atoms with van der Waals surface area (Å²) in [5.41, 5.74) is 3.39. The normalized spacial score (nSPS) is 41.4. The summed E-state index contributed by atoms with van der Waals surface area (Å²) in [6.07, 6.45) is 12.8. The summed E-state index contributed by atoms with van der Waals surface area (Å²) in [4.78, 5) is 26.4. The monoisotopic (exact) mass is 650 g/mol. The highest BCUT2D eigenvalue weighted by Crippen LogP contribution is 2.76. The summed E-state index contributed by atoms with van der Waals surface area (Å²) in [6.45, 7) is 18.1. The van der Waals surface area contributed by atoms with E-state index in [9.17, 15) is 9.59 Å². The van der Waals surface area contributed by atoms with Crippen LogP contribution in [-0.4, -0.2) is 24.6 Å². The van der Waals surface area contributed by atoms with E-state index in [1.165, 1.54) is 19.3 Å². The Morgan fingerprint density at radius 3 is 2.04 bits per heavy atom. The summed E-state index contributed by atoms with van der Waals surface area (Å²) in [6, 6.07) is 19.0. The van der Waals surface area contributed by atoms with Crippen LogP contribution in [0, 0.1) is 56.7 Å². The van der Waals surface area contributed by atoms with Gasteiger partial charge < -0.3 is 9.47 Å². The van der Waals surface area contributed by atoms with Crippen LogP contribution >= 0.6 is 0 Å². The van der Waals surface area contributed by atoms with Crippen LogP contribution in [0.1, 0.15) is 127 Å². The van der Waals surface area contributed by atoms with Crippen molar-refractivity contribution >= 4 is 11.9 Å². The predicted molar refractivity (Wildman–Crippen MR) is 191 cm³/mol. The number of carbonyl (C=O) groups is 2. The average Bonchev–Trinajstić information content (AvgIpc) is 3.08. The van der Waals surface area contributed by atoms with E-state index in [-0.39, 0.29) is 45.1 Å². The number of benzene rings is 2. The molecule has 0 amide bonds. The molecule has 0 aliphatic heterocycles. The Balaban J connectivity index is 1.17. The van der Waals surface area contributed by atoms with E-state index in [1.54, 1.807) is 5.57 Å². The van der Waals surface area contributed by atoms with E-state index in [2.05, 4.69) is 54.5 Å². The molecule has 7 rings (SSSR count). The van der Waals surface area contributed by atoms with E-state index in [1.807, 2.05) is 60.7 Å². The van der Waals surface area contributed by atoms with Crippen molar-refractivity contribution in [3.63, 3.8) is 0 Å². The molecule has 4 nitrogen and oxygen atoms in total. The number of ether oxygens (including phenoxy) is 2. The van der Waals surface area contributed by atoms with Crippen LogP contribution in [0.5, 0.6) is 0 Å². The van der Waals surface area contributed by atoms with Crippen molar-refractivity contribution in [2.45, 2.75) is 112 Å². The smallest absolute Gasteiger partial charge is 0.338 e. The Labute approximate surface area is 289 Å². The zero-order valence-corrected chi connectivity index (χ0v) is 30.5. The topological polar surface area (TPSA) is 52.6 Å². The zero-order valence-electron chi connectivity index (χ0n) is 30.5. The lowest BCUT2D eigenvalue weighted by atomic mass is 9.33. The third-order valence-corrected chi connectivity index (χ3v) is 15.9. The third-order valence-electron chi connectivity index (χ3n) is 15.9. The molecule has 0 spiro atoms. The largest absolute Gasteiger partial charge is 0.461 e. The second kappa shape index (κ2) is 11.9. The number of hydrogen-bond acceptors (Lipinski definition) is 4. The van der Waals surface area contributed by atoms with Crippen molar-refractivity contribution in [3.8, 4) is 0 Å². The molecule has 5 aliphatic rings. The summed E-state index contributed by atoms with van der Waals surface area (Å²) >= 11 is 0. The summed E-state index contributed by atoms with van der Waals surface area (Å²) in [5.74, 6) is 2.36. The number of fused-ring (bicyclic) bond motifs is 7. The molecule has 10 atom stereocenters. The van der Waals surface area contributed by atoms with Gasteiger partial charge in [0, 0.05) is 10.8 Å². The van der Waals surface area contributed by atoms with Gasteiger partial charge in [-0.25, -0.2) is 9.59 Å². The Bertz CT molecular complexity index is 1560. The van der Waals surface area contributed by atoms with E-state index in [0.717, 1.165) is 38.5 Å². The number of allylic oxidation sites excluding steroid dienone is 2. The first-order valence-electron chi connectivity index (χ1n) is 19.0. The molecule has 0 bridgehead atoms. The highest BCUT2D eigenvalue weighted by atomic mass is 16.5. The Hall–Kier alpha value is -2.88. The van der Waals surface area contributed by atoms with Crippen LogP contribution in [-0.2, 0) is 9.47 Å². The van der Waals surface area contributed by atoms with Crippen molar-refractivity contribution in [2.24, 2.45) is 56.7 Å². The molecular formula is C44H58O4. The van der Waals surface area contributed by atoms with Gasteiger partial charge in [-0.15, -0.1) is 0 Å². The molecule has 0 radical (unpaired) electrons. The second-order valence-electron chi connectivity index (χ2n) is 18.1. The van der Waals surface area contributed by atoms with Crippen molar-refractivity contribution in [1.29, 1.82) is 0 Å². The van der Waals surface area contributed by atoms with Crippen LogP contribution in [0.15, 0.2) is 72.3 Å². The minimum Gasteiger partial charge on any atom is -0.461 e. The summed E-state index contributed by atoms with van der Waals surface area (Å²) < 4.78 is 12.6. The van der Waals surface area contributed by atoms with E-state index in [0.29, 0.717) is 47.3 Å². The van der Waals surface area contributed by atoms with E-state index >= 15 is 0 Å². The number of rotatable bonds is 5. The van der Waals surface area contributed by atoms with E-state index in [4.69, 9.17) is 9.47 Å². The molecule has 0 aromatic heterocycles. The highest BCUT2D eigenvalue weighted by molar-refractivity contribution is 5.89. The minimum absolute atomic E-state index is 0.00862. The lowest BCUT2D eigenvalue weighted by molar-refractivity contribution is -0.206. The second-order valence-corrected chi connectivity index (χ2v) is 18.1. The van der Waals surface area contributed by atoms with Gasteiger partial charge >= 0.3 is 11.9 Å². The van der Waals surface area contributed by atoms with Gasteiger partial charge in [0.1, 0.15) is 6.10 Å². The quantitative estimate of drug-likeness (QED) is 0.239. The first-order chi connectivity index (χ1) is 22.8. The van der Waals surface area contributed by atoms with Gasteiger partial charge in [0.25, 0.3) is 0 Å². The van der Waals surface area contributed by atoms with Crippen molar-refractivity contribution in [3.05, 3.63) is 83.4 Å². The molecule has 4 heteroatoms. The van der Waals surface area contributed by atoms with Crippen LogP contribution in [0.3, 0.4) is 0 Å². The first kappa shape index (κ1) is 33.6. The Kier molecular flexibility index (Phi) is 8.31. The maximum Gasteiger partial charge on any atom is 0.338 e. The van der Waals surface area contributed by atoms with Gasteiger partial charge in [-0.3, -0.25) is 0 Å². The SMILES string of the molecule is C[C@H]1[C@H](C)CC[C@]2(COC(=O)c3ccccc3)CC[C@]3(C)C(=CC[C@H]4[C@@]5(C)CC[C@H](OC(=O)c6ccccc6)C(C)(C)[C@@H]5CC[C@]43C)[C@H]12. The predicted octanol–water partition coefficient (Wildman–Crippen LogP) is 10.7. The standard InChI is InChI=1S/C44H58O4/c1-29-20-25-44(28-47-38(45)31-14-10-8-11-15-31)27-26-42(6)33(37(44)30(29)2)18-19-35-41(5)23-22-36(48-39(46)32-16-12-9-13-17-32)40(3,4)34(41)21-24-43(35,42)7/h8-18,29-30,34-37H,19-28H2,1-7H3/t29-,30+,34+,35+,36+,37+,41+,42-,43-,44-/m1/s1. The molecule has 2 aromatic carbocycles. The van der Waals surface area contributed by atoms with Crippen molar-refractivity contribution < 1.29 is 19.1 Å². The first-order valence-corrected chi connectivity index (χ1v) is 19.0. The molecule has 258 valence electrons. The summed E-state index contributed by atoms with van der Waals surface area (Å²) in [5, 5.41) is 0. The Morgan fingerprint density at radius 2 is 1.38 bits per heavy atom. The van der Waals surface area contributed by atoms with Crippen molar-refractivity contribution in [2.75, 3.05) is 6.61 Å². The van der Waals surface area contributed by atoms with Crippen LogP contribution in [0.4, 0.5) is 0 Å². The van der Waals surface area contributed by atoms with Gasteiger partial charge in [-0.1, -0.05) is 96.5 Å². The molecule has 0 saturated heterocycles. The average molecular weight is 651 g/mol. The fraction of sp³-hybridized carbons (Fsp3) is 0.636. The van der Waals surface area contributed by atoms with Gasteiger partial charge in [-0.05, 0) is 128 Å². The minimum atomic E-state index is -0.188. The van der Waals surface area contributed by atoms with Crippen LogP contribution < -0.4 is 0 Å². The van der Waals surface area contributed by atoms with Crippen LogP contribution in [0.25, 0.3) is 0 Å². The lowest BCUT2D eigenvalue weighted by Gasteiger charge is -2.71. The van der Waals surface area contributed by atoms with E-state index < -0.39 is 0 Å². The number of hydrogen-bond donors (Lipinski definition) is 0. The number of carbonyl (C=O) groups excluding carboxylic acids is 2. The van der Waals surface area contributed by atoms with Gasteiger partial charge in [0.05, 0.1) is 17.7 Å². The fourth-order valence-electron chi connectivity index (χ4n) is 12.7. The molecule has 2 aromatic rings. The summed E-state index contributed by atoms with van der Waals surface area (Å²) in [7, 11) is 0. The number of esters is 2. The van der Waals surface area contributed by atoms with Gasteiger partial charge in [-0.2, -0.15) is 0 Å². The molecule has 48 heavy (non-hydrogen) atoms. The molecular weight excluding hydrogens is 592 g/mol.